The molecule has 3 aromatic heterocycles. The van der Waals surface area contributed by atoms with Crippen LogP contribution in [0.15, 0.2) is 43.0 Å². The normalized spacial score (nSPS) is 14.1. The Morgan fingerprint density at radius 2 is 1.86 bits per heavy atom. The van der Waals surface area contributed by atoms with E-state index in [9.17, 15) is 4.79 Å². The van der Waals surface area contributed by atoms with Gasteiger partial charge in [-0.3, -0.25) is 4.79 Å². The maximum atomic E-state index is 12.7. The topological polar surface area (TPSA) is 89.3 Å². The number of nitrogens with zero attached hydrogens (tertiary/aromatic N) is 7. The lowest BCUT2D eigenvalue weighted by Crippen LogP contribution is -2.49. The molecule has 9 heteroatoms. The molecule has 1 amide bonds. The lowest BCUT2D eigenvalue weighted by molar-refractivity contribution is 0.0746. The molecule has 0 saturated carbocycles. The van der Waals surface area contributed by atoms with Gasteiger partial charge in [-0.05, 0) is 26.0 Å². The molecule has 4 heterocycles. The first-order chi connectivity index (χ1) is 14.1. The summed E-state index contributed by atoms with van der Waals surface area (Å²) < 4.78 is 7.07. The predicted molar refractivity (Wildman–Crippen MR) is 107 cm³/mol. The Morgan fingerprint density at radius 1 is 1.07 bits per heavy atom. The lowest BCUT2D eigenvalue weighted by Gasteiger charge is -2.35. The van der Waals surface area contributed by atoms with Crippen molar-refractivity contribution in [1.29, 1.82) is 0 Å². The van der Waals surface area contributed by atoms with E-state index in [0.29, 0.717) is 44.2 Å². The Balaban J connectivity index is 1.40. The average Bonchev–Trinajstić information content (AvgIpc) is 3.21. The highest BCUT2D eigenvalue weighted by atomic mass is 16.5. The number of rotatable bonds is 5. The number of amides is 1. The van der Waals surface area contributed by atoms with E-state index >= 15 is 0 Å². The van der Waals surface area contributed by atoms with Gasteiger partial charge in [-0.25, -0.2) is 19.6 Å². The van der Waals surface area contributed by atoms with Crippen molar-refractivity contribution >= 4 is 11.7 Å². The van der Waals surface area contributed by atoms with Crippen molar-refractivity contribution in [1.82, 2.24) is 29.6 Å². The molecule has 0 unspecified atom stereocenters. The van der Waals surface area contributed by atoms with E-state index in [1.165, 1.54) is 0 Å². The van der Waals surface area contributed by atoms with Crippen LogP contribution in [-0.4, -0.2) is 68.3 Å². The number of aromatic nitrogens is 5. The van der Waals surface area contributed by atoms with Crippen molar-refractivity contribution < 1.29 is 9.53 Å². The summed E-state index contributed by atoms with van der Waals surface area (Å²) >= 11 is 0. The number of piperazine rings is 1. The number of pyridine rings is 1. The molecule has 0 aliphatic carbocycles. The van der Waals surface area contributed by atoms with Crippen molar-refractivity contribution in [2.75, 3.05) is 37.7 Å². The SMILES string of the molecule is CCOc1ccc(C(=O)N2CCN(c3cc(-n4ccc(C)n4)ncn3)CC2)cn1. The summed E-state index contributed by atoms with van der Waals surface area (Å²) in [4.78, 5) is 29.6. The van der Waals surface area contributed by atoms with E-state index in [0.717, 1.165) is 17.3 Å². The predicted octanol–water partition coefficient (Wildman–Crippen LogP) is 1.73. The molecule has 1 aliphatic heterocycles. The summed E-state index contributed by atoms with van der Waals surface area (Å²) in [5.74, 6) is 2.07. The van der Waals surface area contributed by atoms with Gasteiger partial charge in [-0.2, -0.15) is 5.10 Å². The van der Waals surface area contributed by atoms with Crippen molar-refractivity contribution in [2.45, 2.75) is 13.8 Å². The van der Waals surface area contributed by atoms with Gasteiger partial charge < -0.3 is 14.5 Å². The maximum absolute atomic E-state index is 12.7. The molecule has 3 aromatic rings. The summed E-state index contributed by atoms with van der Waals surface area (Å²) in [6.45, 7) is 7.02. The van der Waals surface area contributed by atoms with Gasteiger partial charge in [-0.15, -0.1) is 0 Å². The van der Waals surface area contributed by atoms with Crippen LogP contribution in [0.1, 0.15) is 23.0 Å². The van der Waals surface area contributed by atoms with E-state index in [2.05, 4.69) is 25.0 Å². The van der Waals surface area contributed by atoms with Gasteiger partial charge in [0.25, 0.3) is 5.91 Å². The summed E-state index contributed by atoms with van der Waals surface area (Å²) in [5.41, 5.74) is 1.50. The zero-order valence-electron chi connectivity index (χ0n) is 16.5. The van der Waals surface area contributed by atoms with Crippen LogP contribution in [0.2, 0.25) is 0 Å². The largest absolute Gasteiger partial charge is 0.478 e. The zero-order chi connectivity index (χ0) is 20.2. The zero-order valence-corrected chi connectivity index (χ0v) is 16.5. The van der Waals surface area contributed by atoms with Crippen molar-refractivity contribution in [3.8, 4) is 11.7 Å². The van der Waals surface area contributed by atoms with E-state index in [4.69, 9.17) is 4.74 Å². The molecular weight excluding hydrogens is 370 g/mol. The van der Waals surface area contributed by atoms with E-state index in [1.807, 2.05) is 37.1 Å². The number of carbonyl (C=O) groups excluding carboxylic acids is 1. The first-order valence-electron chi connectivity index (χ1n) is 9.62. The van der Waals surface area contributed by atoms with Gasteiger partial charge in [0.2, 0.25) is 5.88 Å². The molecule has 29 heavy (non-hydrogen) atoms. The minimum absolute atomic E-state index is 0.0180. The molecule has 1 fully saturated rings. The van der Waals surface area contributed by atoms with Gasteiger partial charge in [0.1, 0.15) is 12.1 Å². The molecule has 0 radical (unpaired) electrons. The summed E-state index contributed by atoms with van der Waals surface area (Å²) in [6.07, 6.45) is 5.00. The molecule has 0 N–H and O–H groups in total. The highest BCUT2D eigenvalue weighted by Gasteiger charge is 2.23. The third-order valence-corrected chi connectivity index (χ3v) is 4.76. The van der Waals surface area contributed by atoms with Crippen molar-refractivity contribution in [2.24, 2.45) is 0 Å². The van der Waals surface area contributed by atoms with E-state index in [-0.39, 0.29) is 5.91 Å². The highest BCUT2D eigenvalue weighted by Crippen LogP contribution is 2.17. The molecular formula is C20H23N7O2. The third-order valence-electron chi connectivity index (χ3n) is 4.76. The fourth-order valence-corrected chi connectivity index (χ4v) is 3.24. The fraction of sp³-hybridized carbons (Fsp3) is 0.350. The van der Waals surface area contributed by atoms with Gasteiger partial charge in [0, 0.05) is 50.7 Å². The molecule has 1 saturated heterocycles. The van der Waals surface area contributed by atoms with Crippen LogP contribution in [0.5, 0.6) is 5.88 Å². The van der Waals surface area contributed by atoms with E-state index < -0.39 is 0 Å². The second-order valence-corrected chi connectivity index (χ2v) is 6.73. The number of anilines is 1. The molecule has 150 valence electrons. The molecule has 1 aliphatic rings. The minimum Gasteiger partial charge on any atom is -0.478 e. The van der Waals surface area contributed by atoms with Crippen LogP contribution in [0.3, 0.4) is 0 Å². The minimum atomic E-state index is -0.0180. The second kappa shape index (κ2) is 8.26. The summed E-state index contributed by atoms with van der Waals surface area (Å²) in [5, 5.41) is 4.39. The molecule has 0 spiro atoms. The number of hydrogen-bond acceptors (Lipinski definition) is 7. The first kappa shape index (κ1) is 18.9. The standard InChI is InChI=1S/C20H23N7O2/c1-3-29-19-5-4-16(13-21-19)20(28)26-10-8-25(9-11-26)17-12-18(23-14-22-17)27-7-6-15(2)24-27/h4-7,12-14H,3,8-11H2,1-2H3. The second-order valence-electron chi connectivity index (χ2n) is 6.73. The number of aryl methyl sites for hydroxylation is 1. The first-order valence-corrected chi connectivity index (χ1v) is 9.62. The van der Waals surface area contributed by atoms with Crippen LogP contribution in [0, 0.1) is 6.92 Å². The van der Waals surface area contributed by atoms with Crippen LogP contribution in [0.4, 0.5) is 5.82 Å². The molecule has 9 nitrogen and oxygen atoms in total. The molecule has 0 bridgehead atoms. The van der Waals surface area contributed by atoms with Gasteiger partial charge in [0.05, 0.1) is 17.9 Å². The summed E-state index contributed by atoms with van der Waals surface area (Å²) in [7, 11) is 0. The Hall–Kier alpha value is -3.49. The van der Waals surface area contributed by atoms with Gasteiger partial charge in [-0.1, -0.05) is 0 Å². The molecule has 0 aromatic carbocycles. The van der Waals surface area contributed by atoms with Crippen LogP contribution < -0.4 is 9.64 Å². The number of ether oxygens (including phenoxy) is 1. The quantitative estimate of drug-likeness (QED) is 0.652. The monoisotopic (exact) mass is 393 g/mol. The van der Waals surface area contributed by atoms with Crippen molar-refractivity contribution in [3.05, 3.63) is 54.2 Å². The van der Waals surface area contributed by atoms with E-state index in [1.54, 1.807) is 29.3 Å². The average molecular weight is 393 g/mol. The third kappa shape index (κ3) is 4.18. The van der Waals surface area contributed by atoms with Crippen LogP contribution in [0.25, 0.3) is 5.82 Å². The Morgan fingerprint density at radius 3 is 2.52 bits per heavy atom. The maximum Gasteiger partial charge on any atom is 0.255 e. The lowest BCUT2D eigenvalue weighted by atomic mass is 10.2. The fourth-order valence-electron chi connectivity index (χ4n) is 3.24. The Bertz CT molecular complexity index is 979. The Labute approximate surface area is 169 Å². The summed E-state index contributed by atoms with van der Waals surface area (Å²) in [6, 6.07) is 7.34. The molecule has 4 rings (SSSR count). The van der Waals surface area contributed by atoms with Crippen molar-refractivity contribution in [3.63, 3.8) is 0 Å². The van der Waals surface area contributed by atoms with Crippen LogP contribution >= 0.6 is 0 Å². The Kier molecular flexibility index (Phi) is 5.37. The number of carbonyl (C=O) groups is 1. The molecule has 0 atom stereocenters. The van der Waals surface area contributed by atoms with Gasteiger partial charge >= 0.3 is 0 Å². The highest BCUT2D eigenvalue weighted by molar-refractivity contribution is 5.94. The van der Waals surface area contributed by atoms with Crippen LogP contribution in [-0.2, 0) is 0 Å². The number of hydrogen-bond donors (Lipinski definition) is 0. The smallest absolute Gasteiger partial charge is 0.255 e. The van der Waals surface area contributed by atoms with Gasteiger partial charge in [0.15, 0.2) is 5.82 Å².